The molecule has 0 spiro atoms. The van der Waals surface area contributed by atoms with Crippen LogP contribution in [0.4, 0.5) is 13.2 Å². The third-order valence-corrected chi connectivity index (χ3v) is 6.25. The van der Waals surface area contributed by atoms with Crippen molar-refractivity contribution in [2.75, 3.05) is 26.2 Å². The minimum absolute atomic E-state index is 0.0452. The molecule has 1 aliphatic rings. The lowest BCUT2D eigenvalue weighted by atomic mass is 10.1. The molecule has 0 atom stereocenters. The van der Waals surface area contributed by atoms with Crippen molar-refractivity contribution in [1.82, 2.24) is 18.8 Å². The van der Waals surface area contributed by atoms with Crippen molar-refractivity contribution < 1.29 is 26.4 Å². The average molecular weight is 416 g/mol. The lowest BCUT2D eigenvalue weighted by Gasteiger charge is -2.22. The van der Waals surface area contributed by atoms with Crippen LogP contribution in [0, 0.1) is 0 Å². The maximum Gasteiger partial charge on any atom is 0.416 e. The van der Waals surface area contributed by atoms with Gasteiger partial charge in [-0.2, -0.15) is 17.5 Å². The number of carbonyl (C=O) groups is 1. The van der Waals surface area contributed by atoms with Gasteiger partial charge in [0.2, 0.25) is 0 Å². The van der Waals surface area contributed by atoms with Gasteiger partial charge in [-0.25, -0.2) is 13.4 Å². The molecule has 0 radical (unpaired) electrons. The van der Waals surface area contributed by atoms with Gasteiger partial charge < -0.3 is 9.47 Å². The highest BCUT2D eigenvalue weighted by Gasteiger charge is 2.33. The van der Waals surface area contributed by atoms with Crippen LogP contribution in [0.1, 0.15) is 22.3 Å². The normalized spacial score (nSPS) is 16.8. The number of benzene rings is 1. The van der Waals surface area contributed by atoms with E-state index in [4.69, 9.17) is 0 Å². The molecule has 28 heavy (non-hydrogen) atoms. The van der Waals surface area contributed by atoms with E-state index < -0.39 is 27.7 Å². The number of hydrogen-bond donors (Lipinski definition) is 0. The number of sulfonamides is 1. The minimum atomic E-state index is -4.54. The van der Waals surface area contributed by atoms with Crippen molar-refractivity contribution >= 4 is 15.9 Å². The van der Waals surface area contributed by atoms with Crippen LogP contribution in [0.15, 0.2) is 41.8 Å². The first-order chi connectivity index (χ1) is 13.1. The van der Waals surface area contributed by atoms with E-state index in [2.05, 4.69) is 4.98 Å². The smallest absolute Gasteiger partial charge is 0.339 e. The molecule has 1 aromatic carbocycles. The number of amides is 1. The van der Waals surface area contributed by atoms with Gasteiger partial charge in [-0.3, -0.25) is 4.79 Å². The molecule has 0 aliphatic carbocycles. The third kappa shape index (κ3) is 4.20. The molecule has 1 aromatic heterocycles. The van der Waals surface area contributed by atoms with E-state index in [-0.39, 0.29) is 36.8 Å². The van der Waals surface area contributed by atoms with Crippen molar-refractivity contribution in [2.45, 2.75) is 17.6 Å². The van der Waals surface area contributed by atoms with Crippen LogP contribution < -0.4 is 0 Å². The summed E-state index contributed by atoms with van der Waals surface area (Å²) in [4.78, 5) is 17.9. The average Bonchev–Trinajstić information content (AvgIpc) is 2.93. The maximum absolute atomic E-state index is 12.9. The van der Waals surface area contributed by atoms with Crippen molar-refractivity contribution in [2.24, 2.45) is 7.05 Å². The number of rotatable bonds is 3. The number of carbonyl (C=O) groups excluding carboxylic acids is 1. The van der Waals surface area contributed by atoms with Crippen LogP contribution in [-0.4, -0.2) is 59.3 Å². The molecule has 2 heterocycles. The molecule has 3 rings (SSSR count). The molecule has 0 saturated carbocycles. The van der Waals surface area contributed by atoms with Gasteiger partial charge in [0, 0.05) is 45.0 Å². The van der Waals surface area contributed by atoms with Gasteiger partial charge in [0.15, 0.2) is 5.03 Å². The molecule has 0 N–H and O–H groups in total. The molecule has 0 unspecified atom stereocenters. The van der Waals surface area contributed by atoms with E-state index in [0.29, 0.717) is 6.42 Å². The van der Waals surface area contributed by atoms with Gasteiger partial charge >= 0.3 is 6.18 Å². The van der Waals surface area contributed by atoms with Crippen molar-refractivity contribution in [3.63, 3.8) is 0 Å². The van der Waals surface area contributed by atoms with Gasteiger partial charge in [0.25, 0.3) is 15.9 Å². The highest BCUT2D eigenvalue weighted by atomic mass is 32.2. The zero-order chi connectivity index (χ0) is 20.5. The fourth-order valence-electron chi connectivity index (χ4n) is 3.00. The maximum atomic E-state index is 12.9. The molecule has 1 fully saturated rings. The minimum Gasteiger partial charge on any atom is -0.339 e. The zero-order valence-corrected chi connectivity index (χ0v) is 15.9. The predicted molar refractivity (Wildman–Crippen MR) is 93.9 cm³/mol. The zero-order valence-electron chi connectivity index (χ0n) is 15.1. The van der Waals surface area contributed by atoms with Crippen molar-refractivity contribution in [1.29, 1.82) is 0 Å². The van der Waals surface area contributed by atoms with Gasteiger partial charge in [-0.05, 0) is 24.6 Å². The van der Waals surface area contributed by atoms with E-state index in [1.54, 1.807) is 7.05 Å². The Morgan fingerprint density at radius 2 is 1.89 bits per heavy atom. The Hall–Kier alpha value is -2.40. The Morgan fingerprint density at radius 1 is 1.14 bits per heavy atom. The molecule has 0 bridgehead atoms. The Kier molecular flexibility index (Phi) is 5.48. The fraction of sp³-hybridized carbons (Fsp3) is 0.412. The first kappa shape index (κ1) is 20.3. The summed E-state index contributed by atoms with van der Waals surface area (Å²) < 4.78 is 66.8. The monoisotopic (exact) mass is 416 g/mol. The standard InChI is InChI=1S/C17H19F3N4O3S/c1-22-11-15(21-12-22)28(26,27)24-7-3-6-23(8-9-24)16(25)13-4-2-5-14(10-13)17(18,19)20/h2,4-5,10-12H,3,6-9H2,1H3. The van der Waals surface area contributed by atoms with E-state index >= 15 is 0 Å². The molecular weight excluding hydrogens is 397 g/mol. The highest BCUT2D eigenvalue weighted by Crippen LogP contribution is 2.30. The van der Waals surface area contributed by atoms with Crippen LogP contribution in [0.2, 0.25) is 0 Å². The first-order valence-electron chi connectivity index (χ1n) is 8.54. The summed E-state index contributed by atoms with van der Waals surface area (Å²) in [6, 6.07) is 4.23. The summed E-state index contributed by atoms with van der Waals surface area (Å²) in [5.74, 6) is -0.553. The molecule has 1 aliphatic heterocycles. The van der Waals surface area contributed by atoms with E-state index in [9.17, 15) is 26.4 Å². The van der Waals surface area contributed by atoms with Crippen LogP contribution in [-0.2, 0) is 23.2 Å². The molecule has 11 heteroatoms. The number of imidazole rings is 1. The van der Waals surface area contributed by atoms with Crippen LogP contribution in [0.3, 0.4) is 0 Å². The molecule has 1 amide bonds. The Labute approximate surface area is 160 Å². The van der Waals surface area contributed by atoms with Gasteiger partial charge in [0.1, 0.15) is 0 Å². The molecule has 1 saturated heterocycles. The quantitative estimate of drug-likeness (QED) is 0.767. The number of aromatic nitrogens is 2. The summed E-state index contributed by atoms with van der Waals surface area (Å²) in [7, 11) is -2.13. The van der Waals surface area contributed by atoms with Crippen molar-refractivity contribution in [3.8, 4) is 0 Å². The second kappa shape index (κ2) is 7.55. The number of hydrogen-bond acceptors (Lipinski definition) is 4. The Bertz CT molecular complexity index is 972. The summed E-state index contributed by atoms with van der Waals surface area (Å²) in [6.07, 6.45) is -1.39. The fourth-order valence-corrected chi connectivity index (χ4v) is 4.44. The first-order valence-corrected chi connectivity index (χ1v) is 9.98. The largest absolute Gasteiger partial charge is 0.416 e. The lowest BCUT2D eigenvalue weighted by Crippen LogP contribution is -2.37. The second-order valence-electron chi connectivity index (χ2n) is 6.51. The SMILES string of the molecule is Cn1cnc(S(=O)(=O)N2CCCN(C(=O)c3cccc(C(F)(F)F)c3)CC2)c1. The second-order valence-corrected chi connectivity index (χ2v) is 8.39. The number of alkyl halides is 3. The lowest BCUT2D eigenvalue weighted by molar-refractivity contribution is -0.137. The topological polar surface area (TPSA) is 75.5 Å². The van der Waals surface area contributed by atoms with E-state index in [1.807, 2.05) is 0 Å². The highest BCUT2D eigenvalue weighted by molar-refractivity contribution is 7.89. The molecule has 152 valence electrons. The van der Waals surface area contributed by atoms with Crippen LogP contribution in [0.5, 0.6) is 0 Å². The van der Waals surface area contributed by atoms with E-state index in [0.717, 1.165) is 12.1 Å². The van der Waals surface area contributed by atoms with Gasteiger partial charge in [0.05, 0.1) is 11.9 Å². The van der Waals surface area contributed by atoms with Gasteiger partial charge in [-0.15, -0.1) is 0 Å². The summed E-state index contributed by atoms with van der Waals surface area (Å²) >= 11 is 0. The summed E-state index contributed by atoms with van der Waals surface area (Å²) in [6.45, 7) is 0.583. The molecule has 7 nitrogen and oxygen atoms in total. The number of aryl methyl sites for hydroxylation is 1. The number of nitrogens with zero attached hydrogens (tertiary/aromatic N) is 4. The third-order valence-electron chi connectivity index (χ3n) is 4.46. The van der Waals surface area contributed by atoms with Crippen LogP contribution in [0.25, 0.3) is 0 Å². The summed E-state index contributed by atoms with van der Waals surface area (Å²) in [5, 5.41) is -0.0762. The Morgan fingerprint density at radius 3 is 2.54 bits per heavy atom. The Balaban J connectivity index is 1.74. The molecule has 2 aromatic rings. The summed E-state index contributed by atoms with van der Waals surface area (Å²) in [5.41, 5.74) is -0.969. The molecular formula is C17H19F3N4O3S. The van der Waals surface area contributed by atoms with Crippen LogP contribution >= 0.6 is 0 Å². The van der Waals surface area contributed by atoms with E-state index in [1.165, 1.54) is 38.4 Å². The van der Waals surface area contributed by atoms with Gasteiger partial charge in [-0.1, -0.05) is 6.07 Å². The van der Waals surface area contributed by atoms with Crippen molar-refractivity contribution in [3.05, 3.63) is 47.9 Å². The number of halogens is 3. The predicted octanol–water partition coefficient (Wildman–Crippen LogP) is 1.98.